The van der Waals surface area contributed by atoms with E-state index in [1.807, 2.05) is 12.1 Å². The van der Waals surface area contributed by atoms with Gasteiger partial charge in [-0.05, 0) is 46.5 Å². The topological polar surface area (TPSA) is 38.0 Å². The zero-order valence-corrected chi connectivity index (χ0v) is 12.7. The van der Waals surface area contributed by atoms with Crippen LogP contribution in [-0.2, 0) is 6.42 Å². The molecule has 0 saturated carbocycles. The highest BCUT2D eigenvalue weighted by Gasteiger charge is 2.15. The van der Waals surface area contributed by atoms with E-state index in [-0.39, 0.29) is 11.1 Å². The molecule has 0 fully saturated rings. The Morgan fingerprint density at radius 3 is 2.81 bits per heavy atom. The number of fused-ring (bicyclic) bond motifs is 1. The summed E-state index contributed by atoms with van der Waals surface area (Å²) < 4.78 is 14.5. The van der Waals surface area contributed by atoms with Crippen LogP contribution in [0.25, 0.3) is 10.1 Å². The van der Waals surface area contributed by atoms with E-state index in [1.54, 1.807) is 23.5 Å². The van der Waals surface area contributed by atoms with E-state index >= 15 is 0 Å². The predicted octanol–water partition coefficient (Wildman–Crippen LogP) is 4.44. The van der Waals surface area contributed by atoms with Gasteiger partial charge in [0, 0.05) is 4.70 Å². The van der Waals surface area contributed by atoms with Crippen LogP contribution >= 0.6 is 22.9 Å². The van der Waals surface area contributed by atoms with Crippen molar-refractivity contribution in [3.63, 3.8) is 0 Å². The molecule has 1 heterocycles. The van der Waals surface area contributed by atoms with E-state index in [1.165, 1.54) is 16.2 Å². The number of hydrogen-bond acceptors (Lipinski definition) is 3. The fraction of sp³-hybridized carbons (Fsp3) is 0.125. The summed E-state index contributed by atoms with van der Waals surface area (Å²) in [5.74, 6) is 5.31. The van der Waals surface area contributed by atoms with Gasteiger partial charge in [-0.15, -0.1) is 11.3 Å². The third-order valence-electron chi connectivity index (χ3n) is 3.51. The number of hydrogen-bond donors (Lipinski definition) is 2. The second-order valence-corrected chi connectivity index (χ2v) is 6.18. The van der Waals surface area contributed by atoms with Gasteiger partial charge in [0.25, 0.3) is 0 Å². The minimum atomic E-state index is -0.404. The third-order valence-corrected chi connectivity index (χ3v) is 4.78. The van der Waals surface area contributed by atoms with Gasteiger partial charge >= 0.3 is 0 Å². The number of hydrazine groups is 1. The Hall–Kier alpha value is -1.46. The maximum absolute atomic E-state index is 13.2. The molecule has 0 aliphatic heterocycles. The molecule has 0 bridgehead atoms. The van der Waals surface area contributed by atoms with Crippen LogP contribution in [0.1, 0.15) is 17.2 Å². The van der Waals surface area contributed by atoms with Gasteiger partial charge in [-0.2, -0.15) is 0 Å². The average molecular weight is 321 g/mol. The molecule has 0 spiro atoms. The summed E-state index contributed by atoms with van der Waals surface area (Å²) in [7, 11) is 0. The standard InChI is InChI=1S/C16H14ClFN2S/c17-13-7-10(5-6-14(13)18)8-15(20-19)12-9-21-16-4-2-1-3-11(12)16/h1-7,9,15,20H,8,19H2. The van der Waals surface area contributed by atoms with Crippen molar-refractivity contribution in [2.24, 2.45) is 5.84 Å². The van der Waals surface area contributed by atoms with Gasteiger partial charge in [-0.25, -0.2) is 4.39 Å². The van der Waals surface area contributed by atoms with E-state index in [9.17, 15) is 4.39 Å². The lowest BCUT2D eigenvalue weighted by atomic mass is 9.99. The monoisotopic (exact) mass is 320 g/mol. The highest BCUT2D eigenvalue weighted by molar-refractivity contribution is 7.17. The fourth-order valence-electron chi connectivity index (χ4n) is 2.43. The van der Waals surface area contributed by atoms with Crippen LogP contribution in [0.3, 0.4) is 0 Å². The summed E-state index contributed by atoms with van der Waals surface area (Å²) >= 11 is 7.53. The molecule has 1 unspecified atom stereocenters. The summed E-state index contributed by atoms with van der Waals surface area (Å²) in [6.07, 6.45) is 0.650. The molecule has 3 aromatic rings. The lowest BCUT2D eigenvalue weighted by molar-refractivity contribution is 0.555. The number of nitrogens with two attached hydrogens (primary N) is 1. The smallest absolute Gasteiger partial charge is 0.141 e. The molecule has 0 radical (unpaired) electrons. The Balaban J connectivity index is 1.93. The van der Waals surface area contributed by atoms with Gasteiger partial charge in [-0.1, -0.05) is 35.9 Å². The number of halogens is 2. The summed E-state index contributed by atoms with van der Waals surface area (Å²) in [5, 5.41) is 3.44. The van der Waals surface area contributed by atoms with Crippen molar-refractivity contribution >= 4 is 33.0 Å². The predicted molar refractivity (Wildman–Crippen MR) is 87.0 cm³/mol. The van der Waals surface area contributed by atoms with Crippen LogP contribution in [0.4, 0.5) is 4.39 Å². The van der Waals surface area contributed by atoms with Crippen molar-refractivity contribution in [1.29, 1.82) is 0 Å². The van der Waals surface area contributed by atoms with Gasteiger partial charge < -0.3 is 0 Å². The molecular formula is C16H14ClFN2S. The lowest BCUT2D eigenvalue weighted by Crippen LogP contribution is -2.29. The van der Waals surface area contributed by atoms with Crippen LogP contribution in [0.15, 0.2) is 47.8 Å². The normalized spacial score (nSPS) is 12.7. The van der Waals surface area contributed by atoms with Crippen LogP contribution < -0.4 is 11.3 Å². The maximum atomic E-state index is 13.2. The summed E-state index contributed by atoms with van der Waals surface area (Å²) in [6, 6.07) is 12.9. The van der Waals surface area contributed by atoms with Gasteiger partial charge in [0.15, 0.2) is 0 Å². The molecule has 1 aromatic heterocycles. The Morgan fingerprint density at radius 2 is 2.05 bits per heavy atom. The second-order valence-electron chi connectivity index (χ2n) is 4.86. The summed E-state index contributed by atoms with van der Waals surface area (Å²) in [5.41, 5.74) is 4.94. The van der Waals surface area contributed by atoms with E-state index in [4.69, 9.17) is 17.4 Å². The summed E-state index contributed by atoms with van der Waals surface area (Å²) in [6.45, 7) is 0. The molecule has 5 heteroatoms. The Kier molecular flexibility index (Phi) is 4.22. The van der Waals surface area contributed by atoms with E-state index in [2.05, 4.69) is 22.9 Å². The lowest BCUT2D eigenvalue weighted by Gasteiger charge is -2.16. The molecule has 108 valence electrons. The van der Waals surface area contributed by atoms with Gasteiger partial charge in [0.1, 0.15) is 5.82 Å². The molecule has 3 N–H and O–H groups in total. The molecule has 1 atom stereocenters. The number of nitrogens with one attached hydrogen (secondary N) is 1. The largest absolute Gasteiger partial charge is 0.271 e. The first kappa shape index (κ1) is 14.5. The Labute approximate surface area is 131 Å². The van der Waals surface area contributed by atoms with Crippen LogP contribution in [0.5, 0.6) is 0 Å². The number of thiophene rings is 1. The molecule has 0 saturated heterocycles. The summed E-state index contributed by atoms with van der Waals surface area (Å²) in [4.78, 5) is 0. The van der Waals surface area contributed by atoms with Crippen LogP contribution in [0.2, 0.25) is 5.02 Å². The molecule has 0 aliphatic carbocycles. The highest BCUT2D eigenvalue weighted by atomic mass is 35.5. The van der Waals surface area contributed by atoms with Gasteiger partial charge in [0.2, 0.25) is 0 Å². The number of benzene rings is 2. The van der Waals surface area contributed by atoms with Crippen LogP contribution in [-0.4, -0.2) is 0 Å². The highest BCUT2D eigenvalue weighted by Crippen LogP contribution is 2.32. The molecule has 0 amide bonds. The van der Waals surface area contributed by atoms with Crippen molar-refractivity contribution in [2.75, 3.05) is 0 Å². The third kappa shape index (κ3) is 2.94. The van der Waals surface area contributed by atoms with Crippen molar-refractivity contribution in [2.45, 2.75) is 12.5 Å². The first-order valence-electron chi connectivity index (χ1n) is 6.55. The SMILES string of the molecule is NNC(Cc1ccc(F)c(Cl)c1)c1csc2ccccc12. The van der Waals surface area contributed by atoms with E-state index in [0.717, 1.165) is 11.1 Å². The molecule has 0 aliphatic rings. The minimum absolute atomic E-state index is 0.0392. The zero-order valence-electron chi connectivity index (χ0n) is 11.1. The molecule has 2 nitrogen and oxygen atoms in total. The van der Waals surface area contributed by atoms with Crippen molar-refractivity contribution in [3.8, 4) is 0 Å². The van der Waals surface area contributed by atoms with Crippen molar-refractivity contribution < 1.29 is 4.39 Å². The second kappa shape index (κ2) is 6.12. The fourth-order valence-corrected chi connectivity index (χ4v) is 3.65. The van der Waals surface area contributed by atoms with Crippen LogP contribution in [0, 0.1) is 5.82 Å². The van der Waals surface area contributed by atoms with Crippen molar-refractivity contribution in [3.05, 3.63) is 69.8 Å². The molecule has 3 rings (SSSR count). The van der Waals surface area contributed by atoms with E-state index in [0.29, 0.717) is 6.42 Å². The average Bonchev–Trinajstić information content (AvgIpc) is 2.92. The Morgan fingerprint density at radius 1 is 1.24 bits per heavy atom. The molecule has 2 aromatic carbocycles. The molecular weight excluding hydrogens is 307 g/mol. The zero-order chi connectivity index (χ0) is 14.8. The Bertz CT molecular complexity index is 772. The number of rotatable bonds is 4. The first-order valence-corrected chi connectivity index (χ1v) is 7.81. The van der Waals surface area contributed by atoms with Gasteiger partial charge in [0.05, 0.1) is 11.1 Å². The quantitative estimate of drug-likeness (QED) is 0.551. The maximum Gasteiger partial charge on any atom is 0.141 e. The van der Waals surface area contributed by atoms with E-state index < -0.39 is 5.82 Å². The molecule has 21 heavy (non-hydrogen) atoms. The minimum Gasteiger partial charge on any atom is -0.271 e. The van der Waals surface area contributed by atoms with Crippen molar-refractivity contribution in [1.82, 2.24) is 5.43 Å². The van der Waals surface area contributed by atoms with Gasteiger partial charge in [-0.3, -0.25) is 11.3 Å². The first-order chi connectivity index (χ1) is 10.2.